The fourth-order valence-electron chi connectivity index (χ4n) is 2.91. The second kappa shape index (κ2) is 6.46. The summed E-state index contributed by atoms with van der Waals surface area (Å²) >= 11 is 0. The summed E-state index contributed by atoms with van der Waals surface area (Å²) in [5.74, 6) is -0.828. The molecule has 0 aliphatic rings. The number of carbonyl (C=O) groups is 1. The van der Waals surface area contributed by atoms with E-state index in [4.69, 9.17) is 5.11 Å². The van der Waals surface area contributed by atoms with Crippen molar-refractivity contribution in [3.05, 3.63) is 60.7 Å². The quantitative estimate of drug-likeness (QED) is 0.805. The Balaban J connectivity index is 2.53. The van der Waals surface area contributed by atoms with Crippen molar-refractivity contribution >= 4 is 24.7 Å². The molecule has 2 aromatic carbocycles. The topological polar surface area (TPSA) is 57.5 Å². The van der Waals surface area contributed by atoms with Crippen molar-refractivity contribution in [3.8, 4) is 0 Å². The van der Waals surface area contributed by atoms with Gasteiger partial charge >= 0.3 is 5.97 Å². The van der Waals surface area contributed by atoms with Crippen molar-refractivity contribution in [2.45, 2.75) is 31.7 Å². The van der Waals surface area contributed by atoms with Crippen LogP contribution in [0.1, 0.15) is 26.7 Å². The SMILES string of the molecule is CC(C)(CCC(=O)O)[Si](O)(c1ccccc1)c1ccccc1. The molecule has 0 aliphatic heterocycles. The van der Waals surface area contributed by atoms with E-state index in [0.717, 1.165) is 10.4 Å². The van der Waals surface area contributed by atoms with Crippen molar-refractivity contribution in [2.75, 3.05) is 0 Å². The van der Waals surface area contributed by atoms with Crippen LogP contribution in [0, 0.1) is 0 Å². The lowest BCUT2D eigenvalue weighted by molar-refractivity contribution is -0.137. The molecule has 22 heavy (non-hydrogen) atoms. The van der Waals surface area contributed by atoms with E-state index in [9.17, 15) is 9.59 Å². The van der Waals surface area contributed by atoms with E-state index in [0.29, 0.717) is 6.42 Å². The lowest BCUT2D eigenvalue weighted by Gasteiger charge is -2.41. The van der Waals surface area contributed by atoms with Gasteiger partial charge in [-0.1, -0.05) is 74.5 Å². The van der Waals surface area contributed by atoms with Crippen LogP contribution in [0.5, 0.6) is 0 Å². The maximum Gasteiger partial charge on any atom is 0.303 e. The Kier molecular flexibility index (Phi) is 4.83. The lowest BCUT2D eigenvalue weighted by atomic mass is 10.1. The molecule has 116 valence electrons. The maximum atomic E-state index is 11.7. The molecule has 4 heteroatoms. The molecule has 2 N–H and O–H groups in total. The molecule has 0 aromatic heterocycles. The molecule has 0 aliphatic carbocycles. The zero-order valence-corrected chi connectivity index (χ0v) is 14.0. The van der Waals surface area contributed by atoms with Gasteiger partial charge < -0.3 is 9.90 Å². The van der Waals surface area contributed by atoms with Gasteiger partial charge in [0.15, 0.2) is 0 Å². The monoisotopic (exact) mass is 314 g/mol. The predicted octanol–water partition coefficient (Wildman–Crippen LogP) is 2.38. The molecule has 2 aromatic rings. The van der Waals surface area contributed by atoms with Gasteiger partial charge in [-0.2, -0.15) is 0 Å². The lowest BCUT2D eigenvalue weighted by Crippen LogP contribution is -2.65. The van der Waals surface area contributed by atoms with Crippen LogP contribution in [0.15, 0.2) is 60.7 Å². The molecule has 0 amide bonds. The number of carboxylic acid groups (broad SMARTS) is 1. The largest absolute Gasteiger partial charge is 0.481 e. The Bertz CT molecular complexity index is 584. The fraction of sp³-hybridized carbons (Fsp3) is 0.278. The third-order valence-corrected chi connectivity index (χ3v) is 8.87. The van der Waals surface area contributed by atoms with Crippen LogP contribution in [0.2, 0.25) is 5.04 Å². The van der Waals surface area contributed by atoms with E-state index in [-0.39, 0.29) is 6.42 Å². The first-order valence-electron chi connectivity index (χ1n) is 7.43. The minimum absolute atomic E-state index is 0.0575. The highest BCUT2D eigenvalue weighted by Gasteiger charge is 2.49. The first-order valence-corrected chi connectivity index (χ1v) is 9.38. The summed E-state index contributed by atoms with van der Waals surface area (Å²) in [5.41, 5.74) is 0. The summed E-state index contributed by atoms with van der Waals surface area (Å²) in [6.07, 6.45) is 0.497. The molecule has 0 atom stereocenters. The van der Waals surface area contributed by atoms with E-state index in [1.54, 1.807) is 0 Å². The van der Waals surface area contributed by atoms with Gasteiger partial charge in [-0.05, 0) is 21.8 Å². The van der Waals surface area contributed by atoms with Crippen molar-refractivity contribution in [1.82, 2.24) is 0 Å². The Morgan fingerprint density at radius 3 is 1.73 bits per heavy atom. The molecular weight excluding hydrogens is 292 g/mol. The van der Waals surface area contributed by atoms with Crippen LogP contribution >= 0.6 is 0 Å². The molecular formula is C18H22O3Si. The number of carboxylic acids is 1. The third-order valence-electron chi connectivity index (χ3n) is 4.33. The van der Waals surface area contributed by atoms with Crippen LogP contribution in [-0.4, -0.2) is 24.2 Å². The molecule has 0 radical (unpaired) electrons. The van der Waals surface area contributed by atoms with Gasteiger partial charge in [-0.25, -0.2) is 0 Å². The minimum atomic E-state index is -3.06. The zero-order chi connectivity index (χ0) is 16.2. The number of hydrogen-bond donors (Lipinski definition) is 2. The number of rotatable bonds is 6. The fourth-order valence-corrected chi connectivity index (χ4v) is 6.64. The highest BCUT2D eigenvalue weighted by atomic mass is 28.4. The second-order valence-corrected chi connectivity index (χ2v) is 10.1. The predicted molar refractivity (Wildman–Crippen MR) is 91.0 cm³/mol. The summed E-state index contributed by atoms with van der Waals surface area (Å²) in [6, 6.07) is 19.3. The number of hydrogen-bond acceptors (Lipinski definition) is 2. The van der Waals surface area contributed by atoms with Crippen LogP contribution in [0.3, 0.4) is 0 Å². The summed E-state index contributed by atoms with van der Waals surface area (Å²) in [4.78, 5) is 22.7. The van der Waals surface area contributed by atoms with Crippen molar-refractivity contribution < 1.29 is 14.7 Å². The van der Waals surface area contributed by atoms with Crippen molar-refractivity contribution in [2.24, 2.45) is 0 Å². The molecule has 0 heterocycles. The van der Waals surface area contributed by atoms with Gasteiger partial charge in [-0.15, -0.1) is 0 Å². The average molecular weight is 314 g/mol. The molecule has 0 saturated heterocycles. The highest BCUT2D eigenvalue weighted by Crippen LogP contribution is 2.39. The normalized spacial score (nSPS) is 12.1. The first kappa shape index (κ1) is 16.5. The van der Waals surface area contributed by atoms with Gasteiger partial charge in [-0.3, -0.25) is 4.79 Å². The third kappa shape index (κ3) is 3.13. The standard InChI is InChI=1S/C18H22O3Si/c1-18(2,14-13-17(19)20)22(21,15-9-5-3-6-10-15)16-11-7-4-8-12-16/h3-12,21H,13-14H2,1-2H3,(H,19,20). The van der Waals surface area contributed by atoms with Crippen molar-refractivity contribution in [1.29, 1.82) is 0 Å². The second-order valence-electron chi connectivity index (χ2n) is 6.22. The molecule has 0 fully saturated rings. The van der Waals surface area contributed by atoms with E-state index in [1.165, 1.54) is 0 Å². The molecule has 0 saturated carbocycles. The molecule has 0 spiro atoms. The summed E-state index contributed by atoms with van der Waals surface area (Å²) in [6.45, 7) is 3.95. The highest BCUT2D eigenvalue weighted by molar-refractivity contribution is 6.98. The summed E-state index contributed by atoms with van der Waals surface area (Å²) < 4.78 is 0. The van der Waals surface area contributed by atoms with Crippen molar-refractivity contribution in [3.63, 3.8) is 0 Å². The molecule has 0 bridgehead atoms. The smallest absolute Gasteiger partial charge is 0.303 e. The average Bonchev–Trinajstić information content (AvgIpc) is 2.54. The van der Waals surface area contributed by atoms with Gasteiger partial charge in [0.25, 0.3) is 8.32 Å². The number of aliphatic carboxylic acids is 1. The maximum absolute atomic E-state index is 11.7. The number of benzene rings is 2. The van der Waals surface area contributed by atoms with Gasteiger partial charge in [0.1, 0.15) is 0 Å². The van der Waals surface area contributed by atoms with E-state index < -0.39 is 19.3 Å². The van der Waals surface area contributed by atoms with Gasteiger partial charge in [0.2, 0.25) is 0 Å². The van der Waals surface area contributed by atoms with Crippen LogP contribution in [-0.2, 0) is 4.79 Å². The Morgan fingerprint density at radius 2 is 1.36 bits per heavy atom. The summed E-state index contributed by atoms with van der Waals surface area (Å²) in [5, 5.41) is 10.4. The molecule has 0 unspecified atom stereocenters. The van der Waals surface area contributed by atoms with Crippen LogP contribution in [0.25, 0.3) is 0 Å². The Morgan fingerprint density at radius 1 is 0.955 bits per heavy atom. The van der Waals surface area contributed by atoms with Crippen LogP contribution < -0.4 is 10.4 Å². The molecule has 2 rings (SSSR count). The Hall–Kier alpha value is -1.91. The molecule has 3 nitrogen and oxygen atoms in total. The zero-order valence-electron chi connectivity index (χ0n) is 13.0. The van der Waals surface area contributed by atoms with E-state index in [2.05, 4.69) is 0 Å². The Labute approximate surface area is 132 Å². The van der Waals surface area contributed by atoms with Crippen LogP contribution in [0.4, 0.5) is 0 Å². The van der Waals surface area contributed by atoms with E-state index in [1.807, 2.05) is 74.5 Å². The van der Waals surface area contributed by atoms with Gasteiger partial charge in [0.05, 0.1) is 0 Å². The minimum Gasteiger partial charge on any atom is -0.481 e. The van der Waals surface area contributed by atoms with E-state index >= 15 is 0 Å². The summed E-state index contributed by atoms with van der Waals surface area (Å²) in [7, 11) is -3.06. The van der Waals surface area contributed by atoms with Gasteiger partial charge in [0, 0.05) is 6.42 Å². The first-order chi connectivity index (χ1) is 10.4.